The fourth-order valence-corrected chi connectivity index (χ4v) is 1.53. The summed E-state index contributed by atoms with van der Waals surface area (Å²) in [5, 5.41) is 2.97. The van der Waals surface area contributed by atoms with E-state index in [-0.39, 0.29) is 5.91 Å². The minimum atomic E-state index is 0.231. The minimum Gasteiger partial charge on any atom is -0.356 e. The maximum absolute atomic E-state index is 11.3. The standard InChI is InChI=1S/C13H27NO/c1-4-5-8-11-14-13(15)10-7-6-9-12(2)3/h12H,4-11H2,1-3H3,(H,14,15). The van der Waals surface area contributed by atoms with Crippen molar-refractivity contribution in [3.05, 3.63) is 0 Å². The van der Waals surface area contributed by atoms with E-state index in [2.05, 4.69) is 26.1 Å². The molecule has 0 unspecified atom stereocenters. The molecule has 0 rings (SSSR count). The number of carbonyl (C=O) groups excluding carboxylic acids is 1. The van der Waals surface area contributed by atoms with Gasteiger partial charge in [0.1, 0.15) is 0 Å². The van der Waals surface area contributed by atoms with Gasteiger partial charge in [-0.1, -0.05) is 46.5 Å². The molecule has 1 amide bonds. The summed E-state index contributed by atoms with van der Waals surface area (Å²) in [6.45, 7) is 7.49. The summed E-state index contributed by atoms with van der Waals surface area (Å²) in [4.78, 5) is 11.3. The second-order valence-electron chi connectivity index (χ2n) is 4.70. The van der Waals surface area contributed by atoms with Crippen LogP contribution < -0.4 is 5.32 Å². The zero-order valence-electron chi connectivity index (χ0n) is 10.6. The first kappa shape index (κ1) is 14.5. The van der Waals surface area contributed by atoms with Gasteiger partial charge >= 0.3 is 0 Å². The van der Waals surface area contributed by atoms with E-state index < -0.39 is 0 Å². The van der Waals surface area contributed by atoms with Crippen molar-refractivity contribution < 1.29 is 4.79 Å². The van der Waals surface area contributed by atoms with Crippen molar-refractivity contribution >= 4 is 5.91 Å². The lowest BCUT2D eigenvalue weighted by atomic mass is 10.1. The molecule has 0 atom stereocenters. The summed E-state index contributed by atoms with van der Waals surface area (Å²) in [5.74, 6) is 0.993. The van der Waals surface area contributed by atoms with Crippen LogP contribution in [0.25, 0.3) is 0 Å². The molecule has 2 nitrogen and oxygen atoms in total. The molecule has 0 aliphatic heterocycles. The number of carbonyl (C=O) groups is 1. The van der Waals surface area contributed by atoms with E-state index >= 15 is 0 Å². The van der Waals surface area contributed by atoms with Crippen molar-refractivity contribution in [1.29, 1.82) is 0 Å². The van der Waals surface area contributed by atoms with Crippen LogP contribution in [0.5, 0.6) is 0 Å². The van der Waals surface area contributed by atoms with E-state index in [9.17, 15) is 4.79 Å². The Hall–Kier alpha value is -0.530. The lowest BCUT2D eigenvalue weighted by Gasteiger charge is -2.05. The molecule has 0 aromatic rings. The lowest BCUT2D eigenvalue weighted by Crippen LogP contribution is -2.23. The van der Waals surface area contributed by atoms with Gasteiger partial charge in [0, 0.05) is 13.0 Å². The molecule has 0 fully saturated rings. The summed E-state index contributed by atoms with van der Waals surface area (Å²) in [7, 11) is 0. The van der Waals surface area contributed by atoms with Crippen LogP contribution in [0.1, 0.15) is 65.7 Å². The zero-order chi connectivity index (χ0) is 11.5. The summed E-state index contributed by atoms with van der Waals surface area (Å²) in [5.41, 5.74) is 0. The summed E-state index contributed by atoms with van der Waals surface area (Å²) < 4.78 is 0. The highest BCUT2D eigenvalue weighted by Crippen LogP contribution is 2.07. The zero-order valence-corrected chi connectivity index (χ0v) is 10.6. The number of rotatable bonds is 9. The van der Waals surface area contributed by atoms with E-state index in [1.54, 1.807) is 0 Å². The second kappa shape index (κ2) is 10.0. The molecule has 0 spiro atoms. The van der Waals surface area contributed by atoms with Gasteiger partial charge in [-0.3, -0.25) is 4.79 Å². The van der Waals surface area contributed by atoms with Gasteiger partial charge in [0.2, 0.25) is 5.91 Å². The molecule has 0 aromatic heterocycles. The monoisotopic (exact) mass is 213 g/mol. The largest absolute Gasteiger partial charge is 0.356 e. The molecule has 2 heteroatoms. The molecule has 0 aromatic carbocycles. The Balaban J connectivity index is 3.19. The number of hydrogen-bond acceptors (Lipinski definition) is 1. The van der Waals surface area contributed by atoms with Gasteiger partial charge in [-0.2, -0.15) is 0 Å². The Kier molecular flexibility index (Phi) is 9.65. The molecular weight excluding hydrogens is 186 g/mol. The highest BCUT2D eigenvalue weighted by molar-refractivity contribution is 5.75. The van der Waals surface area contributed by atoms with E-state index in [1.165, 1.54) is 25.7 Å². The van der Waals surface area contributed by atoms with Gasteiger partial charge < -0.3 is 5.32 Å². The van der Waals surface area contributed by atoms with Gasteiger partial charge in [-0.15, -0.1) is 0 Å². The van der Waals surface area contributed by atoms with Crippen LogP contribution in [-0.4, -0.2) is 12.5 Å². The average Bonchev–Trinajstić information content (AvgIpc) is 2.19. The molecular formula is C13H27NO. The van der Waals surface area contributed by atoms with Gasteiger partial charge in [-0.25, -0.2) is 0 Å². The Morgan fingerprint density at radius 1 is 1.13 bits per heavy atom. The molecule has 1 N–H and O–H groups in total. The first-order valence-corrected chi connectivity index (χ1v) is 6.43. The Morgan fingerprint density at radius 2 is 1.87 bits per heavy atom. The molecule has 90 valence electrons. The van der Waals surface area contributed by atoms with Crippen molar-refractivity contribution in [2.45, 2.75) is 65.7 Å². The van der Waals surface area contributed by atoms with Crippen LogP contribution in [0.15, 0.2) is 0 Å². The Labute approximate surface area is 94.8 Å². The van der Waals surface area contributed by atoms with Crippen LogP contribution in [-0.2, 0) is 4.79 Å². The molecule has 15 heavy (non-hydrogen) atoms. The fraction of sp³-hybridized carbons (Fsp3) is 0.923. The Bertz CT molecular complexity index is 155. The fourth-order valence-electron chi connectivity index (χ4n) is 1.53. The van der Waals surface area contributed by atoms with Gasteiger partial charge in [0.05, 0.1) is 0 Å². The third-order valence-electron chi connectivity index (χ3n) is 2.54. The second-order valence-corrected chi connectivity index (χ2v) is 4.70. The molecule has 0 saturated heterocycles. The highest BCUT2D eigenvalue weighted by atomic mass is 16.1. The number of nitrogens with one attached hydrogen (secondary N) is 1. The van der Waals surface area contributed by atoms with Gasteiger partial charge in [0.25, 0.3) is 0 Å². The predicted octanol–water partition coefficient (Wildman–Crippen LogP) is 3.51. The lowest BCUT2D eigenvalue weighted by molar-refractivity contribution is -0.121. The summed E-state index contributed by atoms with van der Waals surface area (Å²) in [6, 6.07) is 0. The molecule has 0 aliphatic carbocycles. The van der Waals surface area contributed by atoms with Gasteiger partial charge in [0.15, 0.2) is 0 Å². The van der Waals surface area contributed by atoms with Crippen LogP contribution in [0.3, 0.4) is 0 Å². The molecule has 0 radical (unpaired) electrons. The third-order valence-corrected chi connectivity index (χ3v) is 2.54. The Morgan fingerprint density at radius 3 is 2.47 bits per heavy atom. The van der Waals surface area contributed by atoms with Crippen molar-refractivity contribution in [3.8, 4) is 0 Å². The van der Waals surface area contributed by atoms with Crippen molar-refractivity contribution in [3.63, 3.8) is 0 Å². The van der Waals surface area contributed by atoms with Crippen LogP contribution >= 0.6 is 0 Å². The average molecular weight is 213 g/mol. The smallest absolute Gasteiger partial charge is 0.219 e. The normalized spacial score (nSPS) is 10.7. The van der Waals surface area contributed by atoms with E-state index in [0.29, 0.717) is 6.42 Å². The number of hydrogen-bond donors (Lipinski definition) is 1. The number of amides is 1. The third kappa shape index (κ3) is 11.4. The molecule has 0 aliphatic rings. The van der Waals surface area contributed by atoms with Crippen molar-refractivity contribution in [2.75, 3.05) is 6.54 Å². The van der Waals surface area contributed by atoms with Gasteiger partial charge in [-0.05, 0) is 18.8 Å². The molecule has 0 heterocycles. The maximum atomic E-state index is 11.3. The van der Waals surface area contributed by atoms with Crippen molar-refractivity contribution in [1.82, 2.24) is 5.32 Å². The van der Waals surface area contributed by atoms with E-state index in [1.807, 2.05) is 0 Å². The van der Waals surface area contributed by atoms with Crippen molar-refractivity contribution in [2.24, 2.45) is 5.92 Å². The quantitative estimate of drug-likeness (QED) is 0.583. The van der Waals surface area contributed by atoms with E-state index in [0.717, 1.165) is 25.3 Å². The summed E-state index contributed by atoms with van der Waals surface area (Å²) >= 11 is 0. The van der Waals surface area contributed by atoms with Crippen LogP contribution in [0.2, 0.25) is 0 Å². The number of unbranched alkanes of at least 4 members (excludes halogenated alkanes) is 3. The first-order valence-electron chi connectivity index (χ1n) is 6.43. The minimum absolute atomic E-state index is 0.231. The maximum Gasteiger partial charge on any atom is 0.219 e. The summed E-state index contributed by atoms with van der Waals surface area (Å²) in [6.07, 6.45) is 7.71. The van der Waals surface area contributed by atoms with Crippen LogP contribution in [0, 0.1) is 5.92 Å². The first-order chi connectivity index (χ1) is 7.16. The van der Waals surface area contributed by atoms with E-state index in [4.69, 9.17) is 0 Å². The topological polar surface area (TPSA) is 29.1 Å². The molecule has 0 bridgehead atoms. The predicted molar refractivity (Wildman–Crippen MR) is 65.8 cm³/mol. The SMILES string of the molecule is CCCCCNC(=O)CCCCC(C)C. The highest BCUT2D eigenvalue weighted by Gasteiger charge is 2.00. The van der Waals surface area contributed by atoms with Crippen LogP contribution in [0.4, 0.5) is 0 Å². The molecule has 0 saturated carbocycles.